The Morgan fingerprint density at radius 2 is 2.17 bits per heavy atom. The molecule has 0 amide bonds. The van der Waals surface area contributed by atoms with Crippen molar-refractivity contribution in [1.29, 1.82) is 0 Å². The Labute approximate surface area is 124 Å². The van der Waals surface area contributed by atoms with Gasteiger partial charge in [-0.2, -0.15) is 0 Å². The van der Waals surface area contributed by atoms with Gasteiger partial charge in [0.15, 0.2) is 5.58 Å². The van der Waals surface area contributed by atoms with Crippen molar-refractivity contribution in [1.82, 2.24) is 5.32 Å². The summed E-state index contributed by atoms with van der Waals surface area (Å²) in [7, 11) is 0. The molecule has 0 atom stereocenters. The number of hydrogen-bond donors (Lipinski definition) is 1. The zero-order chi connectivity index (χ0) is 12.9. The molecule has 18 heavy (non-hydrogen) atoms. The summed E-state index contributed by atoms with van der Waals surface area (Å²) < 4.78 is 6.64. The van der Waals surface area contributed by atoms with Gasteiger partial charge in [0, 0.05) is 21.5 Å². The maximum absolute atomic E-state index is 6.31. The van der Waals surface area contributed by atoms with Crippen LogP contribution in [0, 0.1) is 6.92 Å². The molecular formula is C13H12BrCl2NO. The van der Waals surface area contributed by atoms with Crippen LogP contribution < -0.4 is 5.32 Å². The number of nitrogens with one attached hydrogen (secondary N) is 1. The van der Waals surface area contributed by atoms with Crippen molar-refractivity contribution in [2.45, 2.75) is 32.4 Å². The molecule has 96 valence electrons. The minimum absolute atomic E-state index is 0.585. The molecular weight excluding hydrogens is 337 g/mol. The first-order valence-corrected chi connectivity index (χ1v) is 7.41. The quantitative estimate of drug-likeness (QED) is 0.784. The van der Waals surface area contributed by atoms with E-state index in [9.17, 15) is 0 Å². The lowest BCUT2D eigenvalue weighted by molar-refractivity contribution is 0.509. The molecule has 0 saturated heterocycles. The summed E-state index contributed by atoms with van der Waals surface area (Å²) in [6, 6.07) is 2.42. The fraction of sp³-hybridized carbons (Fsp3) is 0.385. The molecule has 1 saturated carbocycles. The fourth-order valence-electron chi connectivity index (χ4n) is 2.05. The number of aryl methyl sites for hydroxylation is 1. The van der Waals surface area contributed by atoms with Crippen molar-refractivity contribution < 1.29 is 4.42 Å². The average molecular weight is 349 g/mol. The number of fused-ring (bicyclic) bond motifs is 1. The first-order valence-electron chi connectivity index (χ1n) is 5.86. The van der Waals surface area contributed by atoms with Crippen molar-refractivity contribution in [3.8, 4) is 0 Å². The van der Waals surface area contributed by atoms with Crippen LogP contribution in [0.5, 0.6) is 0 Å². The minimum Gasteiger partial charge on any atom is -0.458 e. The molecule has 1 heterocycles. The molecule has 1 aliphatic rings. The maximum atomic E-state index is 6.31. The van der Waals surface area contributed by atoms with Crippen molar-refractivity contribution in [3.05, 3.63) is 31.9 Å². The fourth-order valence-corrected chi connectivity index (χ4v) is 3.13. The van der Waals surface area contributed by atoms with Crippen LogP contribution >= 0.6 is 39.1 Å². The van der Waals surface area contributed by atoms with Gasteiger partial charge in [0.1, 0.15) is 5.76 Å². The summed E-state index contributed by atoms with van der Waals surface area (Å²) in [6.45, 7) is 2.75. The van der Waals surface area contributed by atoms with Crippen molar-refractivity contribution in [3.63, 3.8) is 0 Å². The molecule has 0 aliphatic heterocycles. The van der Waals surface area contributed by atoms with Crippen LogP contribution in [0.15, 0.2) is 15.0 Å². The van der Waals surface area contributed by atoms with Gasteiger partial charge in [-0.05, 0) is 41.8 Å². The van der Waals surface area contributed by atoms with Crippen molar-refractivity contribution in [2.24, 2.45) is 0 Å². The van der Waals surface area contributed by atoms with Crippen molar-refractivity contribution in [2.75, 3.05) is 0 Å². The molecule has 1 aromatic carbocycles. The predicted octanol–water partition coefficient (Wildman–Crippen LogP) is 5.06. The van der Waals surface area contributed by atoms with E-state index in [1.807, 2.05) is 6.92 Å². The van der Waals surface area contributed by atoms with Gasteiger partial charge < -0.3 is 9.73 Å². The van der Waals surface area contributed by atoms with Gasteiger partial charge >= 0.3 is 0 Å². The second-order valence-corrected chi connectivity index (χ2v) is 6.30. The second-order valence-electron chi connectivity index (χ2n) is 4.66. The normalized spacial score (nSPS) is 15.6. The van der Waals surface area contributed by atoms with E-state index in [4.69, 9.17) is 27.6 Å². The highest BCUT2D eigenvalue weighted by molar-refractivity contribution is 9.10. The van der Waals surface area contributed by atoms with Gasteiger partial charge in [0.2, 0.25) is 0 Å². The first-order chi connectivity index (χ1) is 8.58. The molecule has 0 radical (unpaired) electrons. The number of rotatable bonds is 3. The van der Waals surface area contributed by atoms with Crippen LogP contribution in [0.3, 0.4) is 0 Å². The van der Waals surface area contributed by atoms with E-state index in [1.165, 1.54) is 12.8 Å². The summed E-state index contributed by atoms with van der Waals surface area (Å²) in [6.07, 6.45) is 2.51. The molecule has 1 aromatic heterocycles. The van der Waals surface area contributed by atoms with Crippen molar-refractivity contribution >= 4 is 50.1 Å². The topological polar surface area (TPSA) is 25.2 Å². The summed E-state index contributed by atoms with van der Waals surface area (Å²) in [5.74, 6) is 0.916. The Morgan fingerprint density at radius 3 is 2.83 bits per heavy atom. The Hall–Kier alpha value is -0.220. The van der Waals surface area contributed by atoms with E-state index in [0.29, 0.717) is 21.7 Å². The minimum atomic E-state index is 0.585. The van der Waals surface area contributed by atoms with Crippen LogP contribution in [-0.4, -0.2) is 6.04 Å². The van der Waals surface area contributed by atoms with E-state index in [-0.39, 0.29) is 0 Å². The van der Waals surface area contributed by atoms with E-state index >= 15 is 0 Å². The Morgan fingerprint density at radius 1 is 1.44 bits per heavy atom. The maximum Gasteiger partial charge on any atom is 0.154 e. The van der Waals surface area contributed by atoms with Gasteiger partial charge in [0.05, 0.1) is 16.6 Å². The summed E-state index contributed by atoms with van der Waals surface area (Å²) in [5.41, 5.74) is 1.74. The highest BCUT2D eigenvalue weighted by Crippen LogP contribution is 2.40. The Balaban J connectivity index is 2.08. The summed E-state index contributed by atoms with van der Waals surface area (Å²) in [5, 5.41) is 5.59. The highest BCUT2D eigenvalue weighted by Gasteiger charge is 2.23. The van der Waals surface area contributed by atoms with Crippen LogP contribution in [-0.2, 0) is 6.54 Å². The molecule has 1 aliphatic carbocycles. The average Bonchev–Trinajstić information content (AvgIpc) is 3.09. The van der Waals surface area contributed by atoms with Crippen LogP contribution in [0.4, 0.5) is 0 Å². The molecule has 1 N–H and O–H groups in total. The lowest BCUT2D eigenvalue weighted by Gasteiger charge is -2.00. The van der Waals surface area contributed by atoms with E-state index in [1.54, 1.807) is 6.07 Å². The Bertz CT molecular complexity index is 619. The lowest BCUT2D eigenvalue weighted by Crippen LogP contribution is -2.15. The van der Waals surface area contributed by atoms with E-state index in [2.05, 4.69) is 21.2 Å². The van der Waals surface area contributed by atoms with Gasteiger partial charge in [-0.3, -0.25) is 0 Å². The second kappa shape index (κ2) is 4.71. The number of hydrogen-bond acceptors (Lipinski definition) is 2. The molecule has 0 spiro atoms. The number of halogens is 3. The smallest absolute Gasteiger partial charge is 0.154 e. The van der Waals surface area contributed by atoms with Crippen LogP contribution in [0.2, 0.25) is 10.0 Å². The molecule has 2 nitrogen and oxygen atoms in total. The van der Waals surface area contributed by atoms with Gasteiger partial charge in [-0.1, -0.05) is 23.2 Å². The molecule has 3 rings (SSSR count). The molecule has 0 bridgehead atoms. The molecule has 5 heteroatoms. The third kappa shape index (κ3) is 2.18. The number of furan rings is 1. The highest BCUT2D eigenvalue weighted by atomic mass is 79.9. The third-order valence-corrected chi connectivity index (χ3v) is 4.80. The third-order valence-electron chi connectivity index (χ3n) is 3.27. The number of benzene rings is 1. The standard InChI is InChI=1S/C13H12BrCl2NO/c1-6-10(5-17-7-2-3-7)18-13-9(15)4-8(14)12(16)11(6)13/h4,7,17H,2-3,5H2,1H3. The monoisotopic (exact) mass is 347 g/mol. The first kappa shape index (κ1) is 12.8. The Kier molecular flexibility index (Phi) is 3.35. The van der Waals surface area contributed by atoms with Gasteiger partial charge in [-0.25, -0.2) is 0 Å². The predicted molar refractivity (Wildman–Crippen MR) is 78.5 cm³/mol. The molecule has 0 unspecified atom stereocenters. The van der Waals surface area contributed by atoms with Crippen LogP contribution in [0.25, 0.3) is 11.0 Å². The summed E-state index contributed by atoms with van der Waals surface area (Å²) >= 11 is 15.9. The van der Waals surface area contributed by atoms with Gasteiger partial charge in [0.25, 0.3) is 0 Å². The zero-order valence-electron chi connectivity index (χ0n) is 9.82. The lowest BCUT2D eigenvalue weighted by atomic mass is 10.1. The molecule has 2 aromatic rings. The molecule has 1 fully saturated rings. The van der Waals surface area contributed by atoms with E-state index in [0.717, 1.165) is 27.7 Å². The zero-order valence-corrected chi connectivity index (χ0v) is 12.9. The summed E-state index contributed by atoms with van der Waals surface area (Å²) in [4.78, 5) is 0. The van der Waals surface area contributed by atoms with E-state index < -0.39 is 0 Å². The SMILES string of the molecule is Cc1c(CNC2CC2)oc2c(Cl)cc(Br)c(Cl)c12. The van der Waals surface area contributed by atoms with Gasteiger partial charge in [-0.15, -0.1) is 0 Å². The van der Waals surface area contributed by atoms with Crippen LogP contribution in [0.1, 0.15) is 24.2 Å². The largest absolute Gasteiger partial charge is 0.458 e.